The van der Waals surface area contributed by atoms with Gasteiger partial charge in [0.25, 0.3) is 5.91 Å². The summed E-state index contributed by atoms with van der Waals surface area (Å²) < 4.78 is 10.6. The first-order valence-corrected chi connectivity index (χ1v) is 6.91. The zero-order chi connectivity index (χ0) is 16.1. The molecule has 1 aromatic carbocycles. The van der Waals surface area contributed by atoms with Crippen LogP contribution in [-0.4, -0.2) is 28.2 Å². The van der Waals surface area contributed by atoms with Crippen molar-refractivity contribution in [2.75, 3.05) is 7.11 Å². The van der Waals surface area contributed by atoms with Crippen LogP contribution in [0.15, 0.2) is 53.2 Å². The summed E-state index contributed by atoms with van der Waals surface area (Å²) >= 11 is 0. The maximum Gasteiger partial charge on any atom is 0.251 e. The van der Waals surface area contributed by atoms with E-state index in [1.807, 2.05) is 0 Å². The van der Waals surface area contributed by atoms with Crippen molar-refractivity contribution in [3.05, 3.63) is 60.2 Å². The Bertz CT molecular complexity index is 785. The van der Waals surface area contributed by atoms with E-state index in [2.05, 4.69) is 20.5 Å². The van der Waals surface area contributed by atoms with Crippen molar-refractivity contribution in [3.63, 3.8) is 0 Å². The second-order valence-corrected chi connectivity index (χ2v) is 4.65. The molecular formula is C16H14N4O3. The number of hydrogen-bond donors (Lipinski definition) is 1. The van der Waals surface area contributed by atoms with Crippen LogP contribution < -0.4 is 10.1 Å². The second kappa shape index (κ2) is 6.69. The van der Waals surface area contributed by atoms with Crippen LogP contribution in [0.3, 0.4) is 0 Å². The smallest absolute Gasteiger partial charge is 0.251 e. The molecule has 0 radical (unpaired) electrons. The number of carbonyl (C=O) groups is 1. The van der Waals surface area contributed by atoms with Gasteiger partial charge in [-0.1, -0.05) is 0 Å². The van der Waals surface area contributed by atoms with Crippen LogP contribution in [0.25, 0.3) is 11.5 Å². The minimum Gasteiger partial charge on any atom is -0.497 e. The summed E-state index contributed by atoms with van der Waals surface area (Å²) in [6.45, 7) is 0.156. The van der Waals surface area contributed by atoms with E-state index in [9.17, 15) is 4.79 Å². The number of benzene rings is 1. The average molecular weight is 310 g/mol. The lowest BCUT2D eigenvalue weighted by atomic mass is 10.2. The first-order chi connectivity index (χ1) is 11.3. The SMILES string of the molecule is COc1ccc(C(=O)NCc2nnc(-c3ccncc3)o2)cc1. The fourth-order valence-electron chi connectivity index (χ4n) is 1.94. The van der Waals surface area contributed by atoms with Gasteiger partial charge in [-0.2, -0.15) is 0 Å². The van der Waals surface area contributed by atoms with Gasteiger partial charge in [0, 0.05) is 23.5 Å². The van der Waals surface area contributed by atoms with Crippen molar-refractivity contribution >= 4 is 5.91 Å². The molecule has 0 bridgehead atoms. The van der Waals surface area contributed by atoms with Crippen LogP contribution >= 0.6 is 0 Å². The Balaban J connectivity index is 1.62. The van der Waals surface area contributed by atoms with Gasteiger partial charge >= 0.3 is 0 Å². The molecule has 7 heteroatoms. The topological polar surface area (TPSA) is 90.1 Å². The molecule has 0 aliphatic heterocycles. The lowest BCUT2D eigenvalue weighted by molar-refractivity contribution is 0.0947. The summed E-state index contributed by atoms with van der Waals surface area (Å²) in [5.74, 6) is 1.19. The van der Waals surface area contributed by atoms with Gasteiger partial charge in [-0.3, -0.25) is 9.78 Å². The maximum absolute atomic E-state index is 12.0. The average Bonchev–Trinajstić information content (AvgIpc) is 3.09. The van der Waals surface area contributed by atoms with E-state index in [1.54, 1.807) is 55.9 Å². The molecule has 116 valence electrons. The molecule has 7 nitrogen and oxygen atoms in total. The molecule has 2 heterocycles. The van der Waals surface area contributed by atoms with Crippen LogP contribution in [0, 0.1) is 0 Å². The monoisotopic (exact) mass is 310 g/mol. The van der Waals surface area contributed by atoms with E-state index in [0.717, 1.165) is 5.56 Å². The number of pyridine rings is 1. The van der Waals surface area contributed by atoms with E-state index in [-0.39, 0.29) is 12.5 Å². The first-order valence-electron chi connectivity index (χ1n) is 6.91. The van der Waals surface area contributed by atoms with Crippen LogP contribution in [0.4, 0.5) is 0 Å². The Hall–Kier alpha value is -3.22. The summed E-state index contributed by atoms with van der Waals surface area (Å²) in [6, 6.07) is 10.4. The van der Waals surface area contributed by atoms with Gasteiger partial charge in [0.15, 0.2) is 0 Å². The van der Waals surface area contributed by atoms with Gasteiger partial charge in [0.05, 0.1) is 13.7 Å². The van der Waals surface area contributed by atoms with Crippen LogP contribution in [0.1, 0.15) is 16.2 Å². The summed E-state index contributed by atoms with van der Waals surface area (Å²) in [6.07, 6.45) is 3.29. The predicted molar refractivity (Wildman–Crippen MR) is 81.7 cm³/mol. The molecule has 0 saturated carbocycles. The number of ether oxygens (including phenoxy) is 1. The van der Waals surface area contributed by atoms with Gasteiger partial charge < -0.3 is 14.5 Å². The Kier molecular flexibility index (Phi) is 4.28. The third-order valence-electron chi connectivity index (χ3n) is 3.15. The molecule has 0 spiro atoms. The highest BCUT2D eigenvalue weighted by Gasteiger charge is 2.10. The molecule has 0 fully saturated rings. The summed E-state index contributed by atoms with van der Waals surface area (Å²) in [4.78, 5) is 16.0. The third-order valence-corrected chi connectivity index (χ3v) is 3.15. The number of nitrogens with one attached hydrogen (secondary N) is 1. The van der Waals surface area contributed by atoms with Crippen LogP contribution in [0.5, 0.6) is 5.75 Å². The highest BCUT2D eigenvalue weighted by Crippen LogP contribution is 2.16. The number of methoxy groups -OCH3 is 1. The molecule has 1 amide bonds. The molecule has 0 aliphatic carbocycles. The lowest BCUT2D eigenvalue weighted by Gasteiger charge is -2.03. The van der Waals surface area contributed by atoms with Crippen molar-refractivity contribution in [2.45, 2.75) is 6.54 Å². The summed E-state index contributed by atoms with van der Waals surface area (Å²) in [7, 11) is 1.57. The Morgan fingerprint density at radius 2 is 1.87 bits per heavy atom. The molecule has 3 rings (SSSR count). The standard InChI is InChI=1S/C16H14N4O3/c1-22-13-4-2-11(3-5-13)15(21)18-10-14-19-20-16(23-14)12-6-8-17-9-7-12/h2-9H,10H2,1H3,(H,18,21). The highest BCUT2D eigenvalue weighted by molar-refractivity contribution is 5.94. The minimum atomic E-state index is -0.226. The van der Waals surface area contributed by atoms with E-state index in [1.165, 1.54) is 0 Å². The number of hydrogen-bond acceptors (Lipinski definition) is 6. The molecule has 0 atom stereocenters. The Morgan fingerprint density at radius 3 is 2.57 bits per heavy atom. The van der Waals surface area contributed by atoms with E-state index in [0.29, 0.717) is 23.1 Å². The first kappa shape index (κ1) is 14.7. The zero-order valence-corrected chi connectivity index (χ0v) is 12.4. The molecule has 0 saturated heterocycles. The number of aromatic nitrogens is 3. The number of amides is 1. The van der Waals surface area contributed by atoms with Crippen molar-refractivity contribution in [3.8, 4) is 17.2 Å². The van der Waals surface area contributed by atoms with Gasteiger partial charge in [-0.05, 0) is 36.4 Å². The van der Waals surface area contributed by atoms with Crippen molar-refractivity contribution in [2.24, 2.45) is 0 Å². The zero-order valence-electron chi connectivity index (χ0n) is 12.4. The Labute approximate surface area is 132 Å². The normalized spacial score (nSPS) is 10.3. The molecule has 2 aromatic heterocycles. The second-order valence-electron chi connectivity index (χ2n) is 4.65. The molecule has 0 unspecified atom stereocenters. The molecule has 23 heavy (non-hydrogen) atoms. The quantitative estimate of drug-likeness (QED) is 0.776. The van der Waals surface area contributed by atoms with E-state index in [4.69, 9.17) is 9.15 Å². The van der Waals surface area contributed by atoms with Crippen LogP contribution in [0.2, 0.25) is 0 Å². The van der Waals surface area contributed by atoms with Crippen molar-refractivity contribution in [1.29, 1.82) is 0 Å². The Morgan fingerprint density at radius 1 is 1.13 bits per heavy atom. The third kappa shape index (κ3) is 3.52. The number of carbonyl (C=O) groups excluding carboxylic acids is 1. The fraction of sp³-hybridized carbons (Fsp3) is 0.125. The lowest BCUT2D eigenvalue weighted by Crippen LogP contribution is -2.22. The molecule has 0 aliphatic rings. The van der Waals surface area contributed by atoms with Gasteiger partial charge in [0.2, 0.25) is 11.8 Å². The molecule has 3 aromatic rings. The largest absolute Gasteiger partial charge is 0.497 e. The minimum absolute atomic E-state index is 0.156. The van der Waals surface area contributed by atoms with Gasteiger partial charge in [-0.25, -0.2) is 0 Å². The van der Waals surface area contributed by atoms with E-state index < -0.39 is 0 Å². The van der Waals surface area contributed by atoms with Gasteiger partial charge in [0.1, 0.15) is 5.75 Å². The highest BCUT2D eigenvalue weighted by atomic mass is 16.5. The summed E-state index contributed by atoms with van der Waals surface area (Å²) in [5, 5.41) is 10.6. The predicted octanol–water partition coefficient (Wildman–Crippen LogP) is 2.07. The van der Waals surface area contributed by atoms with Crippen molar-refractivity contribution < 1.29 is 13.9 Å². The fourth-order valence-corrected chi connectivity index (χ4v) is 1.94. The summed E-state index contributed by atoms with van der Waals surface area (Å²) in [5.41, 5.74) is 1.31. The molecule has 1 N–H and O–H groups in total. The van der Waals surface area contributed by atoms with Gasteiger partial charge in [-0.15, -0.1) is 10.2 Å². The molecular weight excluding hydrogens is 296 g/mol. The van der Waals surface area contributed by atoms with Crippen LogP contribution in [-0.2, 0) is 6.54 Å². The van der Waals surface area contributed by atoms with Crippen molar-refractivity contribution in [1.82, 2.24) is 20.5 Å². The van der Waals surface area contributed by atoms with E-state index >= 15 is 0 Å². The maximum atomic E-state index is 12.0. The number of rotatable bonds is 5. The number of nitrogens with zero attached hydrogens (tertiary/aromatic N) is 3.